The SMILES string of the molecule is O=C(Cn1ncc(OCc2ccccc2)cc1=O)c1ccc(CN2CC[C@@H](O)C2)cc1. The first-order valence-electron chi connectivity index (χ1n) is 10.3. The van der Waals surface area contributed by atoms with E-state index in [4.69, 9.17) is 4.74 Å². The van der Waals surface area contributed by atoms with Gasteiger partial charge in [0.1, 0.15) is 18.9 Å². The summed E-state index contributed by atoms with van der Waals surface area (Å²) in [6, 6.07) is 18.3. The number of β-amino-alcohol motifs (C(OH)–C–C–N with tert-alkyl or cyclic N) is 1. The van der Waals surface area contributed by atoms with Gasteiger partial charge in [-0.3, -0.25) is 14.5 Å². The number of carbonyl (C=O) groups excluding carboxylic acids is 1. The molecule has 0 unspecified atom stereocenters. The van der Waals surface area contributed by atoms with Crippen LogP contribution in [0.25, 0.3) is 0 Å². The van der Waals surface area contributed by atoms with Crippen molar-refractivity contribution in [3.05, 3.63) is 93.9 Å². The van der Waals surface area contributed by atoms with Crippen molar-refractivity contribution in [1.29, 1.82) is 0 Å². The number of likely N-dealkylation sites (tertiary alicyclic amines) is 1. The number of aliphatic hydroxyl groups excluding tert-OH is 1. The Bertz CT molecular complexity index is 1080. The third kappa shape index (κ3) is 5.65. The van der Waals surface area contributed by atoms with Gasteiger partial charge < -0.3 is 9.84 Å². The van der Waals surface area contributed by atoms with Crippen LogP contribution in [0.2, 0.25) is 0 Å². The summed E-state index contributed by atoms with van der Waals surface area (Å²) in [6.45, 7) is 2.52. The molecule has 31 heavy (non-hydrogen) atoms. The summed E-state index contributed by atoms with van der Waals surface area (Å²) in [6.07, 6.45) is 2.00. The van der Waals surface area contributed by atoms with E-state index in [-0.39, 0.29) is 24.0 Å². The van der Waals surface area contributed by atoms with Crippen LogP contribution in [0.5, 0.6) is 5.75 Å². The molecule has 1 fully saturated rings. The van der Waals surface area contributed by atoms with Gasteiger partial charge in [-0.05, 0) is 17.5 Å². The second kappa shape index (κ2) is 9.68. The van der Waals surface area contributed by atoms with Crippen LogP contribution in [0.4, 0.5) is 0 Å². The maximum atomic E-state index is 12.6. The van der Waals surface area contributed by atoms with Crippen molar-refractivity contribution in [2.75, 3.05) is 13.1 Å². The molecule has 0 saturated carbocycles. The Morgan fingerprint density at radius 1 is 1.10 bits per heavy atom. The summed E-state index contributed by atoms with van der Waals surface area (Å²) in [5.74, 6) is 0.185. The Kier molecular flexibility index (Phi) is 6.54. The highest BCUT2D eigenvalue weighted by Crippen LogP contribution is 2.14. The third-order valence-electron chi connectivity index (χ3n) is 5.32. The molecule has 7 heteroatoms. The first kappa shape index (κ1) is 21.0. The maximum absolute atomic E-state index is 12.6. The van der Waals surface area contributed by atoms with E-state index in [0.29, 0.717) is 24.5 Å². The molecule has 1 aliphatic rings. The minimum atomic E-state index is -0.386. The quantitative estimate of drug-likeness (QED) is 0.564. The number of benzene rings is 2. The number of rotatable bonds is 8. The molecular formula is C24H25N3O4. The Balaban J connectivity index is 1.34. The monoisotopic (exact) mass is 419 g/mol. The lowest BCUT2D eigenvalue weighted by atomic mass is 10.1. The number of ether oxygens (including phenoxy) is 1. The molecule has 7 nitrogen and oxygen atoms in total. The molecule has 1 aromatic heterocycles. The van der Waals surface area contributed by atoms with Crippen molar-refractivity contribution in [2.45, 2.75) is 32.2 Å². The third-order valence-corrected chi connectivity index (χ3v) is 5.32. The minimum Gasteiger partial charge on any atom is -0.487 e. The lowest BCUT2D eigenvalue weighted by molar-refractivity contribution is 0.0965. The summed E-state index contributed by atoms with van der Waals surface area (Å²) < 4.78 is 6.75. The molecular weight excluding hydrogens is 394 g/mol. The highest BCUT2D eigenvalue weighted by Gasteiger charge is 2.20. The Morgan fingerprint density at radius 3 is 2.55 bits per heavy atom. The van der Waals surface area contributed by atoms with E-state index >= 15 is 0 Å². The highest BCUT2D eigenvalue weighted by atomic mass is 16.5. The normalized spacial score (nSPS) is 16.4. The number of hydrogen-bond acceptors (Lipinski definition) is 6. The van der Waals surface area contributed by atoms with E-state index < -0.39 is 0 Å². The van der Waals surface area contributed by atoms with Crippen LogP contribution in [0, 0.1) is 0 Å². The van der Waals surface area contributed by atoms with Gasteiger partial charge in [0.2, 0.25) is 0 Å². The van der Waals surface area contributed by atoms with Crippen LogP contribution in [0.15, 0.2) is 71.7 Å². The van der Waals surface area contributed by atoms with Crippen molar-refractivity contribution in [3.63, 3.8) is 0 Å². The van der Waals surface area contributed by atoms with Gasteiger partial charge in [0.05, 0.1) is 12.3 Å². The van der Waals surface area contributed by atoms with Crippen molar-refractivity contribution < 1.29 is 14.6 Å². The van der Waals surface area contributed by atoms with Crippen molar-refractivity contribution in [1.82, 2.24) is 14.7 Å². The average molecular weight is 419 g/mol. The van der Waals surface area contributed by atoms with Gasteiger partial charge >= 0.3 is 0 Å². The topological polar surface area (TPSA) is 84.7 Å². The van der Waals surface area contributed by atoms with Crippen LogP contribution in [0.1, 0.15) is 27.9 Å². The molecule has 0 aliphatic carbocycles. The van der Waals surface area contributed by atoms with Gasteiger partial charge in [-0.15, -0.1) is 0 Å². The van der Waals surface area contributed by atoms with Gasteiger partial charge in [-0.1, -0.05) is 54.6 Å². The molecule has 160 valence electrons. The Morgan fingerprint density at radius 2 is 1.87 bits per heavy atom. The van der Waals surface area contributed by atoms with Gasteiger partial charge in [0, 0.05) is 31.3 Å². The summed E-state index contributed by atoms with van der Waals surface area (Å²) in [7, 11) is 0. The van der Waals surface area contributed by atoms with E-state index in [1.807, 2.05) is 42.5 Å². The predicted octanol–water partition coefficient (Wildman–Crippen LogP) is 2.27. The second-order valence-corrected chi connectivity index (χ2v) is 7.76. The van der Waals surface area contributed by atoms with Crippen LogP contribution in [-0.4, -0.2) is 44.8 Å². The molecule has 2 heterocycles. The Labute approximate surface area is 180 Å². The number of carbonyl (C=O) groups is 1. The number of aliphatic hydroxyl groups is 1. The van der Waals surface area contributed by atoms with E-state index in [2.05, 4.69) is 10.00 Å². The van der Waals surface area contributed by atoms with Crippen LogP contribution in [0.3, 0.4) is 0 Å². The van der Waals surface area contributed by atoms with Gasteiger partial charge in [-0.25, -0.2) is 4.68 Å². The Hall–Kier alpha value is -3.29. The van der Waals surface area contributed by atoms with Crippen LogP contribution < -0.4 is 10.3 Å². The summed E-state index contributed by atoms with van der Waals surface area (Å²) in [5, 5.41) is 13.7. The molecule has 2 aromatic carbocycles. The molecule has 1 N–H and O–H groups in total. The molecule has 1 aliphatic heterocycles. The summed E-state index contributed by atoms with van der Waals surface area (Å²) in [5.41, 5.74) is 2.22. The summed E-state index contributed by atoms with van der Waals surface area (Å²) in [4.78, 5) is 27.1. The smallest absolute Gasteiger partial charge is 0.270 e. The largest absolute Gasteiger partial charge is 0.487 e. The number of nitrogens with zero attached hydrogens (tertiary/aromatic N) is 3. The van der Waals surface area contributed by atoms with E-state index in [1.165, 1.54) is 12.3 Å². The van der Waals surface area contributed by atoms with Crippen molar-refractivity contribution in [3.8, 4) is 5.75 Å². The molecule has 0 bridgehead atoms. The molecule has 0 amide bonds. The number of ketones is 1. The molecule has 1 saturated heterocycles. The predicted molar refractivity (Wildman–Crippen MR) is 116 cm³/mol. The zero-order valence-electron chi connectivity index (χ0n) is 17.2. The fourth-order valence-electron chi connectivity index (χ4n) is 3.59. The lowest BCUT2D eigenvalue weighted by Crippen LogP contribution is -2.26. The molecule has 0 spiro atoms. The van der Waals surface area contributed by atoms with Gasteiger partial charge in [-0.2, -0.15) is 5.10 Å². The molecule has 1 atom stereocenters. The molecule has 3 aromatic rings. The van der Waals surface area contributed by atoms with Crippen molar-refractivity contribution in [2.24, 2.45) is 0 Å². The van der Waals surface area contributed by atoms with Gasteiger partial charge in [0.15, 0.2) is 5.78 Å². The van der Waals surface area contributed by atoms with Crippen LogP contribution >= 0.6 is 0 Å². The molecule has 4 rings (SSSR count). The first-order chi connectivity index (χ1) is 15.1. The van der Waals surface area contributed by atoms with Crippen LogP contribution in [-0.2, 0) is 19.7 Å². The average Bonchev–Trinajstić information content (AvgIpc) is 3.19. The first-order valence-corrected chi connectivity index (χ1v) is 10.3. The zero-order valence-corrected chi connectivity index (χ0v) is 17.2. The number of aromatic nitrogens is 2. The lowest BCUT2D eigenvalue weighted by Gasteiger charge is -2.15. The second-order valence-electron chi connectivity index (χ2n) is 7.76. The fraction of sp³-hybridized carbons (Fsp3) is 0.292. The van der Waals surface area contributed by atoms with Gasteiger partial charge in [0.25, 0.3) is 5.56 Å². The van der Waals surface area contributed by atoms with E-state index in [0.717, 1.165) is 35.3 Å². The number of hydrogen-bond donors (Lipinski definition) is 1. The maximum Gasteiger partial charge on any atom is 0.270 e. The van der Waals surface area contributed by atoms with E-state index in [1.54, 1.807) is 12.1 Å². The summed E-state index contributed by atoms with van der Waals surface area (Å²) >= 11 is 0. The van der Waals surface area contributed by atoms with E-state index in [9.17, 15) is 14.7 Å². The minimum absolute atomic E-state index is 0.130. The zero-order chi connectivity index (χ0) is 21.6. The number of Topliss-reactive ketones (excluding diaryl/α,β-unsaturated/α-hetero) is 1. The standard InChI is InChI=1S/C24H25N3O4/c28-21-10-11-26(15-21)14-18-6-8-20(9-7-18)23(29)16-27-24(30)12-22(13-25-27)31-17-19-4-2-1-3-5-19/h1-9,12-13,21,28H,10-11,14-17H2/t21-/m1/s1. The highest BCUT2D eigenvalue weighted by molar-refractivity contribution is 5.95. The van der Waals surface area contributed by atoms with Crippen molar-refractivity contribution >= 4 is 5.78 Å². The molecule has 0 radical (unpaired) electrons. The fourth-order valence-corrected chi connectivity index (χ4v) is 3.59.